The van der Waals surface area contributed by atoms with Gasteiger partial charge in [-0.25, -0.2) is 5.43 Å². The molecule has 0 fully saturated rings. The number of quaternary nitrogens is 1. The first-order valence-electron chi connectivity index (χ1n) is 11.8. The van der Waals surface area contributed by atoms with Crippen LogP contribution < -0.4 is 24.5 Å². The Bertz CT molecular complexity index is 1280. The molecule has 2 N–H and O–H groups in total. The number of amides is 1. The van der Waals surface area contributed by atoms with Crippen molar-refractivity contribution in [3.8, 4) is 17.2 Å². The molecule has 0 saturated carbocycles. The van der Waals surface area contributed by atoms with Gasteiger partial charge in [0.2, 0.25) is 0 Å². The molecule has 0 radical (unpaired) electrons. The summed E-state index contributed by atoms with van der Waals surface area (Å²) in [6.07, 6.45) is 2.58. The summed E-state index contributed by atoms with van der Waals surface area (Å²) in [4.78, 5) is 13.8. The van der Waals surface area contributed by atoms with Gasteiger partial charge in [0, 0.05) is 17.5 Å². The molecule has 0 spiro atoms. The number of benzene rings is 3. The van der Waals surface area contributed by atoms with E-state index in [-0.39, 0.29) is 11.9 Å². The zero-order valence-electron chi connectivity index (χ0n) is 20.9. The number of hydrazone groups is 1. The van der Waals surface area contributed by atoms with E-state index >= 15 is 0 Å². The Morgan fingerprint density at radius 2 is 1.78 bits per heavy atom. The molecule has 8 heteroatoms. The number of fused-ring (bicyclic) bond motifs is 1. The fourth-order valence-electron chi connectivity index (χ4n) is 4.66. The van der Waals surface area contributed by atoms with Gasteiger partial charge >= 0.3 is 0 Å². The number of nitrogens with zero attached hydrogens (tertiary/aromatic N) is 1. The first-order chi connectivity index (χ1) is 17.4. The number of methoxy groups -OCH3 is 3. The summed E-state index contributed by atoms with van der Waals surface area (Å²) in [5.41, 5.74) is 7.43. The molecule has 0 saturated heterocycles. The lowest BCUT2D eigenvalue weighted by Gasteiger charge is -2.33. The summed E-state index contributed by atoms with van der Waals surface area (Å²) < 4.78 is 16.7. The van der Waals surface area contributed by atoms with Gasteiger partial charge in [-0.3, -0.25) is 4.79 Å². The van der Waals surface area contributed by atoms with Crippen LogP contribution in [0.4, 0.5) is 0 Å². The molecule has 0 aromatic heterocycles. The largest absolute Gasteiger partial charge is 0.496 e. The number of nitrogens with one attached hydrogen (secondary N) is 2. The maximum absolute atomic E-state index is 12.4. The summed E-state index contributed by atoms with van der Waals surface area (Å²) in [5, 5.41) is 4.51. The number of rotatable bonds is 8. The van der Waals surface area contributed by atoms with Crippen molar-refractivity contribution < 1.29 is 23.9 Å². The Hall–Kier alpha value is -3.55. The fraction of sp³-hybridized carbons (Fsp3) is 0.286. The number of hydrogen-bond donors (Lipinski definition) is 2. The van der Waals surface area contributed by atoms with Crippen LogP contribution in [-0.4, -0.2) is 40.0 Å². The highest BCUT2D eigenvalue weighted by atomic mass is 35.5. The first-order valence-corrected chi connectivity index (χ1v) is 12.2. The number of hydrogen-bond acceptors (Lipinski definition) is 5. The Kier molecular flexibility index (Phi) is 8.13. The molecule has 1 amide bonds. The van der Waals surface area contributed by atoms with E-state index < -0.39 is 0 Å². The summed E-state index contributed by atoms with van der Waals surface area (Å²) in [6.45, 7) is 4.01. The van der Waals surface area contributed by atoms with Crippen molar-refractivity contribution in [3.05, 3.63) is 87.4 Å². The fourth-order valence-corrected chi connectivity index (χ4v) is 4.88. The Morgan fingerprint density at radius 1 is 1.06 bits per heavy atom. The van der Waals surface area contributed by atoms with Crippen molar-refractivity contribution in [1.29, 1.82) is 0 Å². The van der Waals surface area contributed by atoms with Gasteiger partial charge in [0.1, 0.15) is 18.3 Å². The van der Waals surface area contributed by atoms with Crippen molar-refractivity contribution in [2.24, 2.45) is 5.10 Å². The van der Waals surface area contributed by atoms with Gasteiger partial charge in [0.25, 0.3) is 5.91 Å². The SMILES string of the molecule is COc1ccc(C=NNC(=O)c2ccccc2Cl)cc1C[NH+]1CCc2cc(OC)c(OC)cc2C1C. The van der Waals surface area contributed by atoms with Crippen LogP contribution in [0.3, 0.4) is 0 Å². The Labute approximate surface area is 216 Å². The standard InChI is InChI=1S/C28H30ClN3O4/c1-18-23-15-27(36-4)26(35-3)14-20(23)11-12-32(18)17-21-13-19(9-10-25(21)34-2)16-30-31-28(33)22-7-5-6-8-24(22)29/h5-10,13-16,18H,11-12,17H2,1-4H3,(H,31,33)/p+1. The number of carbonyl (C=O) groups is 1. The molecule has 188 valence electrons. The van der Waals surface area contributed by atoms with Gasteiger partial charge in [-0.1, -0.05) is 23.7 Å². The summed E-state index contributed by atoms with van der Waals surface area (Å²) in [5.74, 6) is 1.98. The van der Waals surface area contributed by atoms with Crippen LogP contribution in [-0.2, 0) is 13.0 Å². The lowest BCUT2D eigenvalue weighted by Crippen LogP contribution is -3.11. The molecule has 2 unspecified atom stereocenters. The molecule has 0 bridgehead atoms. The van der Waals surface area contributed by atoms with Gasteiger partial charge in [-0.15, -0.1) is 0 Å². The van der Waals surface area contributed by atoms with Crippen LogP contribution in [0, 0.1) is 0 Å². The highest BCUT2D eigenvalue weighted by Crippen LogP contribution is 2.34. The second-order valence-corrected chi connectivity index (χ2v) is 9.12. The van der Waals surface area contributed by atoms with E-state index in [4.69, 9.17) is 25.8 Å². The van der Waals surface area contributed by atoms with E-state index in [0.717, 1.165) is 47.9 Å². The number of ether oxygens (including phenoxy) is 3. The topological polar surface area (TPSA) is 73.6 Å². The van der Waals surface area contributed by atoms with Crippen LogP contribution >= 0.6 is 11.6 Å². The second kappa shape index (κ2) is 11.5. The molecule has 4 rings (SSSR count). The van der Waals surface area contributed by atoms with Crippen molar-refractivity contribution in [3.63, 3.8) is 0 Å². The molecule has 1 heterocycles. The normalized spacial score (nSPS) is 16.9. The lowest BCUT2D eigenvalue weighted by molar-refractivity contribution is -0.945. The van der Waals surface area contributed by atoms with E-state index in [1.165, 1.54) is 16.0 Å². The van der Waals surface area contributed by atoms with Gasteiger partial charge in [0.15, 0.2) is 11.5 Å². The molecule has 0 aliphatic carbocycles. The van der Waals surface area contributed by atoms with Crippen molar-refractivity contribution in [1.82, 2.24) is 5.43 Å². The van der Waals surface area contributed by atoms with Gasteiger partial charge in [-0.2, -0.15) is 5.10 Å². The molecular formula is C28H31ClN3O4+. The van der Waals surface area contributed by atoms with Crippen LogP contribution in [0.1, 0.15) is 45.6 Å². The first kappa shape index (κ1) is 25.5. The molecule has 36 heavy (non-hydrogen) atoms. The third-order valence-corrected chi connectivity index (χ3v) is 6.99. The predicted molar refractivity (Wildman–Crippen MR) is 141 cm³/mol. The number of carbonyl (C=O) groups excluding carboxylic acids is 1. The quantitative estimate of drug-likeness (QED) is 0.358. The minimum Gasteiger partial charge on any atom is -0.496 e. The van der Waals surface area contributed by atoms with E-state index in [9.17, 15) is 4.79 Å². The highest BCUT2D eigenvalue weighted by molar-refractivity contribution is 6.33. The van der Waals surface area contributed by atoms with Crippen molar-refractivity contribution in [2.75, 3.05) is 27.9 Å². The third kappa shape index (κ3) is 5.48. The van der Waals surface area contributed by atoms with Gasteiger partial charge in [-0.05, 0) is 60.5 Å². The maximum Gasteiger partial charge on any atom is 0.272 e. The van der Waals surface area contributed by atoms with Crippen molar-refractivity contribution >= 4 is 23.7 Å². The smallest absolute Gasteiger partial charge is 0.272 e. The minimum atomic E-state index is -0.358. The monoisotopic (exact) mass is 508 g/mol. The Morgan fingerprint density at radius 3 is 2.50 bits per heavy atom. The molecule has 3 aromatic rings. The molecule has 3 aromatic carbocycles. The van der Waals surface area contributed by atoms with Gasteiger partial charge < -0.3 is 19.1 Å². The lowest BCUT2D eigenvalue weighted by atomic mass is 9.92. The molecule has 7 nitrogen and oxygen atoms in total. The van der Waals surface area contributed by atoms with E-state index in [2.05, 4.69) is 29.6 Å². The summed E-state index contributed by atoms with van der Waals surface area (Å²) >= 11 is 6.10. The maximum atomic E-state index is 12.4. The zero-order valence-corrected chi connectivity index (χ0v) is 21.7. The van der Waals surface area contributed by atoms with E-state index in [1.54, 1.807) is 51.8 Å². The Balaban J connectivity index is 1.50. The molecule has 2 atom stereocenters. The summed E-state index contributed by atoms with van der Waals surface area (Å²) in [7, 11) is 5.01. The predicted octanol–water partition coefficient (Wildman–Crippen LogP) is 3.83. The van der Waals surface area contributed by atoms with Gasteiger partial charge in [0.05, 0.1) is 44.7 Å². The van der Waals surface area contributed by atoms with E-state index in [1.807, 2.05) is 18.2 Å². The van der Waals surface area contributed by atoms with E-state index in [0.29, 0.717) is 10.6 Å². The van der Waals surface area contributed by atoms with Crippen LogP contribution in [0.15, 0.2) is 59.7 Å². The van der Waals surface area contributed by atoms with Crippen LogP contribution in [0.25, 0.3) is 0 Å². The zero-order chi connectivity index (χ0) is 25.7. The number of halogens is 1. The minimum absolute atomic E-state index is 0.269. The second-order valence-electron chi connectivity index (χ2n) is 8.71. The highest BCUT2D eigenvalue weighted by Gasteiger charge is 2.30. The van der Waals surface area contributed by atoms with Crippen LogP contribution in [0.2, 0.25) is 5.02 Å². The third-order valence-electron chi connectivity index (χ3n) is 6.66. The average Bonchev–Trinajstić information content (AvgIpc) is 2.90. The van der Waals surface area contributed by atoms with Crippen LogP contribution in [0.5, 0.6) is 17.2 Å². The molecule has 1 aliphatic rings. The van der Waals surface area contributed by atoms with Crippen molar-refractivity contribution in [2.45, 2.75) is 25.9 Å². The molecular weight excluding hydrogens is 478 g/mol. The average molecular weight is 509 g/mol. The molecule has 1 aliphatic heterocycles. The summed E-state index contributed by atoms with van der Waals surface area (Å²) in [6, 6.07) is 17.2.